The highest BCUT2D eigenvalue weighted by Crippen LogP contribution is 2.39. The Bertz CT molecular complexity index is 1380. The van der Waals surface area contributed by atoms with Gasteiger partial charge in [0.25, 0.3) is 5.91 Å². The summed E-state index contributed by atoms with van der Waals surface area (Å²) in [5.74, 6) is -0.697. The summed E-state index contributed by atoms with van der Waals surface area (Å²) < 4.78 is 11.7. The summed E-state index contributed by atoms with van der Waals surface area (Å²) in [7, 11) is 0. The molecule has 4 rings (SSSR count). The molecule has 4 aromatic rings. The van der Waals surface area contributed by atoms with Crippen molar-refractivity contribution in [3.8, 4) is 11.8 Å². The van der Waals surface area contributed by atoms with Gasteiger partial charge in [-0.1, -0.05) is 6.92 Å². The number of anilines is 1. The molecule has 3 aromatic heterocycles. The van der Waals surface area contributed by atoms with Crippen molar-refractivity contribution in [2.75, 3.05) is 11.9 Å². The summed E-state index contributed by atoms with van der Waals surface area (Å²) >= 11 is 7.21. The quantitative estimate of drug-likeness (QED) is 0.278. The average Bonchev–Trinajstić information content (AvgIpc) is 3.16. The fourth-order valence-corrected chi connectivity index (χ4v) is 4.29. The molecule has 0 saturated carbocycles. The lowest BCUT2D eigenvalue weighted by Gasteiger charge is -2.10. The standard InChI is InChI=1S/C21H19ClN6O4S/c1-3-6-24-17-15-13(33-18(17)19(23)30)5-4-12-16(15)25-8-14(27-12)32-20-11(9-31-10(2)29)7-26-21(22)28-20/h4-5,7-8,24H,3,6,9H2,1-2H3,(H2,23,30). The van der Waals surface area contributed by atoms with Crippen LogP contribution in [-0.2, 0) is 16.1 Å². The molecule has 0 unspecified atom stereocenters. The van der Waals surface area contributed by atoms with Gasteiger partial charge < -0.3 is 20.5 Å². The number of carbonyl (C=O) groups excluding carboxylic acids is 2. The van der Waals surface area contributed by atoms with Gasteiger partial charge >= 0.3 is 5.97 Å². The topological polar surface area (TPSA) is 142 Å². The van der Waals surface area contributed by atoms with Crippen molar-refractivity contribution in [3.63, 3.8) is 0 Å². The van der Waals surface area contributed by atoms with Crippen LogP contribution in [0, 0.1) is 0 Å². The zero-order chi connectivity index (χ0) is 23.5. The first kappa shape index (κ1) is 22.6. The Kier molecular flexibility index (Phi) is 6.52. The number of hydrogen-bond acceptors (Lipinski definition) is 10. The van der Waals surface area contributed by atoms with Gasteiger partial charge in [-0.05, 0) is 30.2 Å². The van der Waals surface area contributed by atoms with Crippen molar-refractivity contribution in [1.29, 1.82) is 0 Å². The van der Waals surface area contributed by atoms with Crippen LogP contribution in [0.3, 0.4) is 0 Å². The Morgan fingerprint density at radius 1 is 1.21 bits per heavy atom. The number of rotatable bonds is 8. The van der Waals surface area contributed by atoms with Crippen LogP contribution in [0.2, 0.25) is 5.28 Å². The van der Waals surface area contributed by atoms with Crippen molar-refractivity contribution in [2.24, 2.45) is 5.73 Å². The molecule has 0 radical (unpaired) electrons. The summed E-state index contributed by atoms with van der Waals surface area (Å²) in [6.45, 7) is 3.92. The van der Waals surface area contributed by atoms with Crippen molar-refractivity contribution in [3.05, 3.63) is 40.3 Å². The number of nitrogens with one attached hydrogen (secondary N) is 1. The fourth-order valence-electron chi connectivity index (χ4n) is 3.13. The number of primary amides is 1. The average molecular weight is 487 g/mol. The van der Waals surface area contributed by atoms with Crippen LogP contribution in [0.25, 0.3) is 21.1 Å². The maximum absolute atomic E-state index is 12.0. The van der Waals surface area contributed by atoms with E-state index in [1.54, 1.807) is 6.07 Å². The van der Waals surface area contributed by atoms with Gasteiger partial charge in [-0.15, -0.1) is 11.3 Å². The maximum atomic E-state index is 12.0. The zero-order valence-electron chi connectivity index (χ0n) is 17.7. The summed E-state index contributed by atoms with van der Waals surface area (Å²) in [5.41, 5.74) is 7.82. The number of amides is 1. The third-order valence-corrected chi connectivity index (χ3v) is 5.90. The van der Waals surface area contributed by atoms with Gasteiger partial charge in [0.1, 0.15) is 11.5 Å². The number of esters is 1. The third-order valence-electron chi connectivity index (χ3n) is 4.55. The van der Waals surface area contributed by atoms with Gasteiger partial charge in [0.2, 0.25) is 17.0 Å². The summed E-state index contributed by atoms with van der Waals surface area (Å²) in [4.78, 5) is 40.6. The monoisotopic (exact) mass is 486 g/mol. The second-order valence-electron chi connectivity index (χ2n) is 6.96. The number of carbonyl (C=O) groups is 2. The summed E-state index contributed by atoms with van der Waals surface area (Å²) in [6.07, 6.45) is 3.73. The van der Waals surface area contributed by atoms with Crippen LogP contribution in [-0.4, -0.2) is 38.4 Å². The molecule has 12 heteroatoms. The predicted molar refractivity (Wildman–Crippen MR) is 125 cm³/mol. The first-order chi connectivity index (χ1) is 15.9. The van der Waals surface area contributed by atoms with Crippen LogP contribution in [0.5, 0.6) is 11.8 Å². The number of aromatic nitrogens is 4. The molecular weight excluding hydrogens is 468 g/mol. The molecule has 1 amide bonds. The molecule has 1 aromatic carbocycles. The Labute approximate surface area is 197 Å². The number of fused-ring (bicyclic) bond motifs is 3. The SMILES string of the molecule is CCCNc1c(C(N)=O)sc2ccc3nc(Oc4nc(Cl)ncc4COC(C)=O)cnc3c12. The zero-order valence-corrected chi connectivity index (χ0v) is 19.3. The second kappa shape index (κ2) is 9.51. The molecule has 33 heavy (non-hydrogen) atoms. The molecule has 0 spiro atoms. The first-order valence-electron chi connectivity index (χ1n) is 9.96. The predicted octanol–water partition coefficient (Wildman–Crippen LogP) is 4.06. The molecule has 0 fully saturated rings. The van der Waals surface area contributed by atoms with E-state index < -0.39 is 11.9 Å². The Morgan fingerprint density at radius 2 is 2.03 bits per heavy atom. The Morgan fingerprint density at radius 3 is 2.76 bits per heavy atom. The highest BCUT2D eigenvalue weighted by Gasteiger charge is 2.20. The Balaban J connectivity index is 1.75. The lowest BCUT2D eigenvalue weighted by Crippen LogP contribution is -2.12. The van der Waals surface area contributed by atoms with Gasteiger partial charge in [0, 0.05) is 29.8 Å². The van der Waals surface area contributed by atoms with Crippen LogP contribution < -0.4 is 15.8 Å². The highest BCUT2D eigenvalue weighted by molar-refractivity contribution is 7.21. The van der Waals surface area contributed by atoms with Crippen LogP contribution >= 0.6 is 22.9 Å². The number of halogens is 1. The van der Waals surface area contributed by atoms with E-state index in [1.807, 2.05) is 13.0 Å². The number of ether oxygens (including phenoxy) is 2. The fraction of sp³-hybridized carbons (Fsp3) is 0.238. The van der Waals surface area contributed by atoms with Gasteiger partial charge in [0.15, 0.2) is 0 Å². The normalized spacial score (nSPS) is 11.0. The Hall–Kier alpha value is -3.57. The van der Waals surface area contributed by atoms with E-state index in [-0.39, 0.29) is 23.7 Å². The van der Waals surface area contributed by atoms with Crippen LogP contribution in [0.4, 0.5) is 5.69 Å². The van der Waals surface area contributed by atoms with Crippen LogP contribution in [0.1, 0.15) is 35.5 Å². The lowest BCUT2D eigenvalue weighted by atomic mass is 10.1. The van der Waals surface area contributed by atoms with E-state index in [1.165, 1.54) is 30.7 Å². The highest BCUT2D eigenvalue weighted by atomic mass is 35.5. The van der Waals surface area contributed by atoms with Crippen molar-refractivity contribution in [1.82, 2.24) is 19.9 Å². The molecule has 0 aliphatic rings. The molecule has 0 aliphatic carbocycles. The molecular formula is C21H19ClN6O4S. The van der Waals surface area contributed by atoms with Gasteiger partial charge in [-0.2, -0.15) is 4.98 Å². The molecule has 170 valence electrons. The molecule has 0 atom stereocenters. The number of nitrogens with zero attached hydrogens (tertiary/aromatic N) is 4. The van der Waals surface area contributed by atoms with Gasteiger partial charge in [0.05, 0.1) is 28.5 Å². The van der Waals surface area contributed by atoms with E-state index in [2.05, 4.69) is 25.3 Å². The second-order valence-corrected chi connectivity index (χ2v) is 8.35. The smallest absolute Gasteiger partial charge is 0.302 e. The first-order valence-corrected chi connectivity index (χ1v) is 11.1. The summed E-state index contributed by atoms with van der Waals surface area (Å²) in [6, 6.07) is 3.65. The van der Waals surface area contributed by atoms with E-state index in [9.17, 15) is 9.59 Å². The molecule has 10 nitrogen and oxygen atoms in total. The molecule has 0 saturated heterocycles. The lowest BCUT2D eigenvalue weighted by molar-refractivity contribution is -0.142. The maximum Gasteiger partial charge on any atom is 0.302 e. The van der Waals surface area contributed by atoms with E-state index in [4.69, 9.17) is 26.8 Å². The molecule has 3 N–H and O–H groups in total. The van der Waals surface area contributed by atoms with Crippen LogP contribution in [0.15, 0.2) is 24.5 Å². The number of thiophene rings is 1. The molecule has 0 bridgehead atoms. The number of hydrogen-bond donors (Lipinski definition) is 2. The number of benzene rings is 1. The summed E-state index contributed by atoms with van der Waals surface area (Å²) in [5, 5.41) is 4.03. The minimum atomic E-state index is -0.503. The number of nitrogens with two attached hydrogens (primary N) is 1. The van der Waals surface area contributed by atoms with Crippen molar-refractivity contribution >= 4 is 61.6 Å². The van der Waals surface area contributed by atoms with Crippen molar-refractivity contribution in [2.45, 2.75) is 26.9 Å². The van der Waals surface area contributed by atoms with Crippen molar-refractivity contribution < 1.29 is 19.1 Å². The van der Waals surface area contributed by atoms with E-state index in [0.717, 1.165) is 16.5 Å². The van der Waals surface area contributed by atoms with Gasteiger partial charge in [-0.3, -0.25) is 9.59 Å². The molecule has 3 heterocycles. The largest absolute Gasteiger partial charge is 0.461 e. The van der Waals surface area contributed by atoms with Gasteiger partial charge in [-0.25, -0.2) is 15.0 Å². The minimum Gasteiger partial charge on any atom is -0.461 e. The van der Waals surface area contributed by atoms with E-state index in [0.29, 0.717) is 33.7 Å². The third kappa shape index (κ3) is 4.78. The molecule has 0 aliphatic heterocycles. The van der Waals surface area contributed by atoms with E-state index >= 15 is 0 Å². The minimum absolute atomic E-state index is 0.0315.